The van der Waals surface area contributed by atoms with Crippen molar-refractivity contribution >= 4 is 0 Å². The first-order valence-corrected chi connectivity index (χ1v) is 8.06. The van der Waals surface area contributed by atoms with E-state index in [2.05, 4.69) is 44.9 Å². The van der Waals surface area contributed by atoms with Gasteiger partial charge in [-0.05, 0) is 39.3 Å². The van der Waals surface area contributed by atoms with Gasteiger partial charge in [0.05, 0.1) is 5.56 Å². The van der Waals surface area contributed by atoms with E-state index in [0.29, 0.717) is 6.54 Å². The van der Waals surface area contributed by atoms with Crippen LogP contribution in [-0.4, -0.2) is 29.9 Å². The third-order valence-corrected chi connectivity index (χ3v) is 3.06. The van der Waals surface area contributed by atoms with Crippen LogP contribution in [0.5, 0.6) is 5.75 Å². The number of aliphatic hydroxyl groups excluding tert-OH is 1. The molecule has 0 amide bonds. The minimum absolute atomic E-state index is 0.0103. The van der Waals surface area contributed by atoms with Crippen LogP contribution in [0.4, 0.5) is 0 Å². The number of β-amino-alcohol motifs (C(OH)–C–C–N with tert-alkyl or cyclic N) is 1. The van der Waals surface area contributed by atoms with E-state index in [4.69, 9.17) is 4.74 Å². The topological polar surface area (TPSA) is 41.5 Å². The van der Waals surface area contributed by atoms with Crippen molar-refractivity contribution in [2.75, 3.05) is 13.2 Å². The third kappa shape index (κ3) is 8.07. The third-order valence-electron chi connectivity index (χ3n) is 3.06. The predicted molar refractivity (Wildman–Crippen MR) is 92.1 cm³/mol. The summed E-state index contributed by atoms with van der Waals surface area (Å²) in [5, 5.41) is 13.3. The molecule has 0 aromatic heterocycles. The molecule has 1 rings (SSSR count). The highest BCUT2D eigenvalue weighted by molar-refractivity contribution is 5.45. The number of aliphatic hydroxyl groups is 1. The summed E-state index contributed by atoms with van der Waals surface area (Å²) in [6.07, 6.45) is 2.64. The molecule has 22 heavy (non-hydrogen) atoms. The molecule has 1 unspecified atom stereocenters. The molecule has 0 aliphatic rings. The van der Waals surface area contributed by atoms with E-state index in [1.807, 2.05) is 24.3 Å². The summed E-state index contributed by atoms with van der Waals surface area (Å²) in [6, 6.07) is 7.72. The lowest BCUT2D eigenvalue weighted by Crippen LogP contribution is -2.42. The Bertz CT molecular complexity index is 494. The Morgan fingerprint density at radius 2 is 2.00 bits per heavy atom. The SMILES string of the molecule is CCCCC#Cc1ccccc1OCC(O)CNC(C)(C)C. The Morgan fingerprint density at radius 1 is 1.27 bits per heavy atom. The molecule has 0 heterocycles. The second-order valence-electron chi connectivity index (χ2n) is 6.50. The number of ether oxygens (including phenoxy) is 1. The fraction of sp³-hybridized carbons (Fsp3) is 0.579. The van der Waals surface area contributed by atoms with Gasteiger partial charge in [0.1, 0.15) is 18.5 Å². The highest BCUT2D eigenvalue weighted by atomic mass is 16.5. The summed E-state index contributed by atoms with van der Waals surface area (Å²) < 4.78 is 5.73. The van der Waals surface area contributed by atoms with Gasteiger partial charge in [0.2, 0.25) is 0 Å². The molecule has 0 aliphatic heterocycles. The maximum atomic E-state index is 9.99. The number of rotatable bonds is 7. The maximum absolute atomic E-state index is 9.99. The van der Waals surface area contributed by atoms with Crippen molar-refractivity contribution in [3.8, 4) is 17.6 Å². The lowest BCUT2D eigenvalue weighted by Gasteiger charge is -2.23. The Morgan fingerprint density at radius 3 is 2.68 bits per heavy atom. The summed E-state index contributed by atoms with van der Waals surface area (Å²) in [7, 11) is 0. The van der Waals surface area contributed by atoms with Crippen LogP contribution in [0.2, 0.25) is 0 Å². The van der Waals surface area contributed by atoms with E-state index in [9.17, 15) is 5.11 Å². The van der Waals surface area contributed by atoms with Crippen LogP contribution in [0.25, 0.3) is 0 Å². The highest BCUT2D eigenvalue weighted by Crippen LogP contribution is 2.17. The average Bonchev–Trinajstić information content (AvgIpc) is 2.47. The van der Waals surface area contributed by atoms with Crippen LogP contribution < -0.4 is 10.1 Å². The minimum atomic E-state index is -0.541. The molecule has 0 aliphatic carbocycles. The van der Waals surface area contributed by atoms with Gasteiger partial charge in [-0.25, -0.2) is 0 Å². The lowest BCUT2D eigenvalue weighted by molar-refractivity contribution is 0.0999. The zero-order chi connectivity index (χ0) is 16.4. The Labute approximate surface area is 135 Å². The van der Waals surface area contributed by atoms with Crippen molar-refractivity contribution in [1.29, 1.82) is 0 Å². The maximum Gasteiger partial charge on any atom is 0.135 e. The van der Waals surface area contributed by atoms with E-state index >= 15 is 0 Å². The molecule has 0 saturated heterocycles. The second kappa shape index (κ2) is 9.50. The van der Waals surface area contributed by atoms with Crippen LogP contribution >= 0.6 is 0 Å². The summed E-state index contributed by atoms with van der Waals surface area (Å²) in [4.78, 5) is 0. The molecule has 0 saturated carbocycles. The molecule has 1 aromatic rings. The molecule has 3 nitrogen and oxygen atoms in total. The summed E-state index contributed by atoms with van der Waals surface area (Å²) >= 11 is 0. The van der Waals surface area contributed by atoms with Crippen molar-refractivity contribution in [1.82, 2.24) is 5.32 Å². The van der Waals surface area contributed by atoms with Crippen LogP contribution in [-0.2, 0) is 0 Å². The number of nitrogens with one attached hydrogen (secondary N) is 1. The van der Waals surface area contributed by atoms with E-state index < -0.39 is 6.10 Å². The van der Waals surface area contributed by atoms with Crippen LogP contribution in [0, 0.1) is 11.8 Å². The van der Waals surface area contributed by atoms with E-state index in [-0.39, 0.29) is 12.1 Å². The van der Waals surface area contributed by atoms with Crippen molar-refractivity contribution in [2.24, 2.45) is 0 Å². The van der Waals surface area contributed by atoms with Gasteiger partial charge in [0.25, 0.3) is 0 Å². The zero-order valence-corrected chi connectivity index (χ0v) is 14.3. The van der Waals surface area contributed by atoms with Crippen LogP contribution in [0.1, 0.15) is 52.5 Å². The first-order chi connectivity index (χ1) is 10.4. The Kier molecular flexibility index (Phi) is 8.01. The van der Waals surface area contributed by atoms with Gasteiger partial charge in [-0.3, -0.25) is 0 Å². The predicted octanol–water partition coefficient (Wildman–Crippen LogP) is 3.36. The van der Waals surface area contributed by atoms with Crippen molar-refractivity contribution in [3.05, 3.63) is 29.8 Å². The van der Waals surface area contributed by atoms with Crippen molar-refractivity contribution in [2.45, 2.75) is 58.6 Å². The molecule has 0 spiro atoms. The fourth-order valence-electron chi connectivity index (χ4n) is 1.79. The van der Waals surface area contributed by atoms with Gasteiger partial charge in [-0.2, -0.15) is 0 Å². The van der Waals surface area contributed by atoms with Gasteiger partial charge in [-0.1, -0.05) is 37.3 Å². The van der Waals surface area contributed by atoms with E-state index in [0.717, 1.165) is 30.6 Å². The molecule has 2 N–H and O–H groups in total. The van der Waals surface area contributed by atoms with Gasteiger partial charge < -0.3 is 15.2 Å². The molecule has 122 valence electrons. The minimum Gasteiger partial charge on any atom is -0.490 e. The largest absolute Gasteiger partial charge is 0.490 e. The molecule has 0 bridgehead atoms. The summed E-state index contributed by atoms with van der Waals surface area (Å²) in [5.41, 5.74) is 0.874. The number of hydrogen-bond acceptors (Lipinski definition) is 3. The number of benzene rings is 1. The first kappa shape index (κ1) is 18.5. The fourth-order valence-corrected chi connectivity index (χ4v) is 1.79. The monoisotopic (exact) mass is 303 g/mol. The molecule has 0 radical (unpaired) electrons. The van der Waals surface area contributed by atoms with Gasteiger partial charge in [0.15, 0.2) is 0 Å². The summed E-state index contributed by atoms with van der Waals surface area (Å²) in [6.45, 7) is 9.14. The first-order valence-electron chi connectivity index (χ1n) is 8.06. The smallest absolute Gasteiger partial charge is 0.135 e. The van der Waals surface area contributed by atoms with Crippen molar-refractivity contribution < 1.29 is 9.84 Å². The summed E-state index contributed by atoms with van der Waals surface area (Å²) in [5.74, 6) is 7.06. The number of unbranched alkanes of at least 4 members (excludes halogenated alkanes) is 2. The highest BCUT2D eigenvalue weighted by Gasteiger charge is 2.13. The van der Waals surface area contributed by atoms with E-state index in [1.165, 1.54) is 0 Å². The molecular formula is C19H29NO2. The Hall–Kier alpha value is -1.50. The molecule has 1 aromatic carbocycles. The standard InChI is InChI=1S/C19H29NO2/c1-5-6-7-8-11-16-12-9-10-13-18(16)22-15-17(21)14-20-19(2,3)4/h9-10,12-13,17,20-21H,5-7,14-15H2,1-4H3. The zero-order valence-electron chi connectivity index (χ0n) is 14.3. The molecular weight excluding hydrogens is 274 g/mol. The number of hydrogen-bond donors (Lipinski definition) is 2. The van der Waals surface area contributed by atoms with Gasteiger partial charge >= 0.3 is 0 Å². The normalized spacial score (nSPS) is 12.4. The van der Waals surface area contributed by atoms with Crippen LogP contribution in [0.3, 0.4) is 0 Å². The molecule has 1 atom stereocenters. The quantitative estimate of drug-likeness (QED) is 0.599. The van der Waals surface area contributed by atoms with Gasteiger partial charge in [-0.15, -0.1) is 0 Å². The lowest BCUT2D eigenvalue weighted by atomic mass is 10.1. The van der Waals surface area contributed by atoms with Crippen LogP contribution in [0.15, 0.2) is 24.3 Å². The molecule has 3 heteroatoms. The Balaban J connectivity index is 2.52. The second-order valence-corrected chi connectivity index (χ2v) is 6.50. The van der Waals surface area contributed by atoms with Gasteiger partial charge in [0, 0.05) is 18.5 Å². The van der Waals surface area contributed by atoms with Crippen molar-refractivity contribution in [3.63, 3.8) is 0 Å². The average molecular weight is 303 g/mol. The number of para-hydroxylation sites is 1. The van der Waals surface area contributed by atoms with E-state index in [1.54, 1.807) is 0 Å². The molecule has 0 fully saturated rings.